The van der Waals surface area contributed by atoms with Crippen LogP contribution in [0.15, 0.2) is 12.3 Å². The molecule has 0 atom stereocenters. The fraction of sp³-hybridized carbons (Fsp3) is 0.833. The van der Waals surface area contributed by atoms with Gasteiger partial charge in [-0.25, -0.2) is 0 Å². The van der Waals surface area contributed by atoms with Crippen molar-refractivity contribution < 1.29 is 4.74 Å². The minimum Gasteiger partial charge on any atom is -0.505 e. The summed E-state index contributed by atoms with van der Waals surface area (Å²) in [5.74, 6) is 0. The largest absolute Gasteiger partial charge is 0.505 e. The molecule has 0 aliphatic heterocycles. The number of ether oxygens (including phenoxy) is 1. The van der Waals surface area contributed by atoms with Crippen molar-refractivity contribution in [3.8, 4) is 0 Å². The molecule has 0 aromatic rings. The molecule has 0 aliphatic carbocycles. The zero-order valence-electron chi connectivity index (χ0n) is 9.22. The highest BCUT2D eigenvalue weighted by Crippen LogP contribution is 2.08. The molecule has 1 nitrogen and oxygen atoms in total. The van der Waals surface area contributed by atoms with E-state index in [0.717, 1.165) is 0 Å². The first-order chi connectivity index (χ1) is 6.41. The summed E-state index contributed by atoms with van der Waals surface area (Å²) in [6.45, 7) is 2.26. The van der Waals surface area contributed by atoms with Gasteiger partial charge in [0.1, 0.15) is 0 Å². The molecule has 0 fully saturated rings. The third kappa shape index (κ3) is 11.5. The van der Waals surface area contributed by atoms with Crippen LogP contribution in [-0.2, 0) is 4.74 Å². The summed E-state index contributed by atoms with van der Waals surface area (Å²) in [7, 11) is 1.70. The van der Waals surface area contributed by atoms with Crippen molar-refractivity contribution in [2.45, 2.75) is 58.3 Å². The maximum atomic E-state index is 4.82. The normalized spacial score (nSPS) is 10.9. The lowest BCUT2D eigenvalue weighted by atomic mass is 10.1. The van der Waals surface area contributed by atoms with Crippen LogP contribution in [0.4, 0.5) is 0 Å². The Labute approximate surface area is 83.2 Å². The minimum atomic E-state index is 1.17. The Morgan fingerprint density at radius 3 is 2.15 bits per heavy atom. The molecule has 0 unspecified atom stereocenters. The Morgan fingerprint density at radius 1 is 0.923 bits per heavy atom. The van der Waals surface area contributed by atoms with Gasteiger partial charge in [0, 0.05) is 0 Å². The number of hydrogen-bond donors (Lipinski definition) is 0. The number of methoxy groups -OCH3 is 1. The van der Waals surface area contributed by atoms with Crippen LogP contribution in [0.5, 0.6) is 0 Å². The monoisotopic (exact) mass is 184 g/mol. The molecule has 0 rings (SSSR count). The van der Waals surface area contributed by atoms with Crippen LogP contribution in [-0.4, -0.2) is 7.11 Å². The molecule has 0 aromatic heterocycles. The van der Waals surface area contributed by atoms with Gasteiger partial charge in [-0.15, -0.1) is 0 Å². The smallest absolute Gasteiger partial charge is 0.0784 e. The standard InChI is InChI=1S/C12H24O/c1-3-4-5-6-7-8-9-10-11-12-13-2/h11-12H,3-10H2,1-2H3/b12-11+. The van der Waals surface area contributed by atoms with Crippen molar-refractivity contribution in [1.82, 2.24) is 0 Å². The predicted octanol–water partition coefficient (Wildman–Crippen LogP) is 4.29. The van der Waals surface area contributed by atoms with Crippen LogP contribution < -0.4 is 0 Å². The van der Waals surface area contributed by atoms with E-state index in [9.17, 15) is 0 Å². The molecular weight excluding hydrogens is 160 g/mol. The Kier molecular flexibility index (Phi) is 11.1. The molecule has 0 spiro atoms. The highest BCUT2D eigenvalue weighted by atomic mass is 16.5. The summed E-state index contributed by atoms with van der Waals surface area (Å²) < 4.78 is 4.82. The maximum absolute atomic E-state index is 4.82. The summed E-state index contributed by atoms with van der Waals surface area (Å²) in [6.07, 6.45) is 14.7. The average Bonchev–Trinajstić information content (AvgIpc) is 2.16. The average molecular weight is 184 g/mol. The van der Waals surface area contributed by atoms with Gasteiger partial charge in [0.2, 0.25) is 0 Å². The molecule has 0 saturated carbocycles. The molecule has 0 radical (unpaired) electrons. The van der Waals surface area contributed by atoms with Gasteiger partial charge < -0.3 is 4.74 Å². The Bertz CT molecular complexity index is 108. The van der Waals surface area contributed by atoms with Crippen LogP contribution in [0.25, 0.3) is 0 Å². The third-order valence-corrected chi connectivity index (χ3v) is 2.21. The summed E-state index contributed by atoms with van der Waals surface area (Å²) in [6, 6.07) is 0. The summed E-state index contributed by atoms with van der Waals surface area (Å²) in [5, 5.41) is 0. The molecular formula is C12H24O. The quantitative estimate of drug-likeness (QED) is 0.384. The number of allylic oxidation sites excluding steroid dienone is 1. The van der Waals surface area contributed by atoms with Gasteiger partial charge in [0.05, 0.1) is 13.4 Å². The van der Waals surface area contributed by atoms with Gasteiger partial charge in [0.15, 0.2) is 0 Å². The van der Waals surface area contributed by atoms with E-state index in [0.29, 0.717) is 0 Å². The Morgan fingerprint density at radius 2 is 1.54 bits per heavy atom. The first-order valence-corrected chi connectivity index (χ1v) is 5.59. The van der Waals surface area contributed by atoms with Gasteiger partial charge in [-0.2, -0.15) is 0 Å². The zero-order valence-corrected chi connectivity index (χ0v) is 9.22. The summed E-state index contributed by atoms with van der Waals surface area (Å²) in [5.41, 5.74) is 0. The lowest BCUT2D eigenvalue weighted by Crippen LogP contribution is -1.79. The van der Waals surface area contributed by atoms with Crippen LogP contribution >= 0.6 is 0 Å². The van der Waals surface area contributed by atoms with Crippen molar-refractivity contribution in [3.05, 3.63) is 12.3 Å². The van der Waals surface area contributed by atoms with E-state index in [2.05, 4.69) is 13.0 Å². The Balaban J connectivity index is 2.87. The van der Waals surface area contributed by atoms with E-state index in [-0.39, 0.29) is 0 Å². The molecule has 0 bridgehead atoms. The fourth-order valence-electron chi connectivity index (χ4n) is 1.38. The van der Waals surface area contributed by atoms with E-state index in [1.54, 1.807) is 13.4 Å². The van der Waals surface area contributed by atoms with E-state index >= 15 is 0 Å². The van der Waals surface area contributed by atoms with Gasteiger partial charge in [-0.3, -0.25) is 0 Å². The number of hydrogen-bond acceptors (Lipinski definition) is 1. The minimum absolute atomic E-state index is 1.17. The molecule has 78 valence electrons. The van der Waals surface area contributed by atoms with Crippen LogP contribution in [0.1, 0.15) is 58.3 Å². The molecule has 0 aromatic carbocycles. The molecule has 0 amide bonds. The molecule has 13 heavy (non-hydrogen) atoms. The van der Waals surface area contributed by atoms with E-state index in [1.165, 1.54) is 51.4 Å². The van der Waals surface area contributed by atoms with Gasteiger partial charge in [-0.05, 0) is 18.9 Å². The maximum Gasteiger partial charge on any atom is 0.0784 e. The third-order valence-electron chi connectivity index (χ3n) is 2.21. The van der Waals surface area contributed by atoms with Crippen LogP contribution in [0.3, 0.4) is 0 Å². The first-order valence-electron chi connectivity index (χ1n) is 5.59. The van der Waals surface area contributed by atoms with Gasteiger partial charge in [-0.1, -0.05) is 45.4 Å². The van der Waals surface area contributed by atoms with Crippen molar-refractivity contribution >= 4 is 0 Å². The zero-order chi connectivity index (χ0) is 9.78. The van der Waals surface area contributed by atoms with Crippen LogP contribution in [0.2, 0.25) is 0 Å². The second kappa shape index (κ2) is 11.5. The predicted molar refractivity (Wildman–Crippen MR) is 58.8 cm³/mol. The van der Waals surface area contributed by atoms with Crippen molar-refractivity contribution in [1.29, 1.82) is 0 Å². The van der Waals surface area contributed by atoms with Gasteiger partial charge >= 0.3 is 0 Å². The highest BCUT2D eigenvalue weighted by molar-refractivity contribution is 4.72. The highest BCUT2D eigenvalue weighted by Gasteiger charge is 1.88. The lowest BCUT2D eigenvalue weighted by Gasteiger charge is -1.98. The second-order valence-electron chi connectivity index (χ2n) is 3.52. The first kappa shape index (κ1) is 12.5. The second-order valence-corrected chi connectivity index (χ2v) is 3.52. The summed E-state index contributed by atoms with van der Waals surface area (Å²) >= 11 is 0. The van der Waals surface area contributed by atoms with Crippen molar-refractivity contribution in [2.24, 2.45) is 0 Å². The lowest BCUT2D eigenvalue weighted by molar-refractivity contribution is 0.336. The molecule has 0 saturated heterocycles. The molecule has 1 heteroatoms. The van der Waals surface area contributed by atoms with E-state index in [4.69, 9.17) is 4.74 Å². The van der Waals surface area contributed by atoms with Crippen LogP contribution in [0, 0.1) is 0 Å². The number of rotatable bonds is 9. The summed E-state index contributed by atoms with van der Waals surface area (Å²) in [4.78, 5) is 0. The van der Waals surface area contributed by atoms with Crippen molar-refractivity contribution in [3.63, 3.8) is 0 Å². The molecule has 0 aliphatic rings. The van der Waals surface area contributed by atoms with E-state index in [1.807, 2.05) is 0 Å². The van der Waals surface area contributed by atoms with E-state index < -0.39 is 0 Å². The molecule has 0 heterocycles. The number of unbranched alkanes of at least 4 members (excludes halogenated alkanes) is 7. The molecule has 0 N–H and O–H groups in total. The van der Waals surface area contributed by atoms with Gasteiger partial charge in [0.25, 0.3) is 0 Å². The van der Waals surface area contributed by atoms with Crippen molar-refractivity contribution in [2.75, 3.05) is 7.11 Å². The fourth-order valence-corrected chi connectivity index (χ4v) is 1.38. The topological polar surface area (TPSA) is 9.23 Å². The SMILES string of the molecule is CCCCCCCCC/C=C/OC. The Hall–Kier alpha value is -0.460.